The first kappa shape index (κ1) is 16.3. The number of urea groups is 1. The van der Waals surface area contributed by atoms with E-state index in [9.17, 15) is 14.4 Å². The van der Waals surface area contributed by atoms with Crippen molar-refractivity contribution >= 4 is 17.9 Å². The summed E-state index contributed by atoms with van der Waals surface area (Å²) in [6.45, 7) is 4.79. The first-order valence-electron chi connectivity index (χ1n) is 6.95. The number of carbonyl (C=O) groups is 3. The number of carbonyl (C=O) groups excluding carboxylic acids is 2. The first-order valence-corrected chi connectivity index (χ1v) is 6.95. The predicted octanol–water partition coefficient (Wildman–Crippen LogP) is 0.407. The van der Waals surface area contributed by atoms with Gasteiger partial charge >= 0.3 is 12.0 Å². The first-order chi connectivity index (χ1) is 9.41. The van der Waals surface area contributed by atoms with Gasteiger partial charge in [-0.2, -0.15) is 0 Å². The number of carboxylic acids is 1. The highest BCUT2D eigenvalue weighted by atomic mass is 16.4. The Balaban J connectivity index is 2.40. The minimum Gasteiger partial charge on any atom is -0.480 e. The molecule has 1 aliphatic heterocycles. The molecule has 1 atom stereocenters. The number of piperidine rings is 1. The summed E-state index contributed by atoms with van der Waals surface area (Å²) in [4.78, 5) is 35.8. The quantitative estimate of drug-likeness (QED) is 0.681. The minimum absolute atomic E-state index is 0.131. The van der Waals surface area contributed by atoms with Gasteiger partial charge in [-0.15, -0.1) is 0 Å². The van der Waals surface area contributed by atoms with E-state index in [-0.39, 0.29) is 12.5 Å². The van der Waals surface area contributed by atoms with Gasteiger partial charge in [0.25, 0.3) is 0 Å². The Hall–Kier alpha value is -1.79. The summed E-state index contributed by atoms with van der Waals surface area (Å²) in [5.74, 6) is -0.923. The molecule has 114 valence electrons. The summed E-state index contributed by atoms with van der Waals surface area (Å²) >= 11 is 0. The van der Waals surface area contributed by atoms with E-state index in [1.807, 2.05) is 13.8 Å². The fourth-order valence-electron chi connectivity index (χ4n) is 2.07. The number of hydrogen-bond donors (Lipinski definition) is 3. The average Bonchev–Trinajstić information content (AvgIpc) is 2.42. The van der Waals surface area contributed by atoms with Gasteiger partial charge in [-0.1, -0.05) is 13.8 Å². The molecular formula is C13H23N3O4. The third-order valence-electron chi connectivity index (χ3n) is 3.16. The van der Waals surface area contributed by atoms with Crippen molar-refractivity contribution in [2.45, 2.75) is 39.2 Å². The molecule has 7 nitrogen and oxygen atoms in total. The van der Waals surface area contributed by atoms with Crippen molar-refractivity contribution in [1.29, 1.82) is 0 Å². The second kappa shape index (κ2) is 7.72. The maximum atomic E-state index is 11.9. The molecule has 0 aromatic carbocycles. The zero-order valence-electron chi connectivity index (χ0n) is 12.0. The molecule has 3 N–H and O–H groups in total. The highest BCUT2D eigenvalue weighted by molar-refractivity contribution is 5.86. The molecule has 0 aliphatic carbocycles. The van der Waals surface area contributed by atoms with Crippen LogP contribution >= 0.6 is 0 Å². The van der Waals surface area contributed by atoms with Crippen LogP contribution in [0.2, 0.25) is 0 Å². The number of nitrogens with zero attached hydrogens (tertiary/aromatic N) is 1. The standard InChI is InChI=1S/C13H23N3O4/c1-9(2)7-14-11(17)8-15-13(20)16-6-4-3-5-10(16)12(18)19/h9-10H,3-8H2,1-2H3,(H,14,17)(H,15,20)(H,18,19). The van der Waals surface area contributed by atoms with Gasteiger partial charge in [-0.3, -0.25) is 4.79 Å². The summed E-state index contributed by atoms with van der Waals surface area (Å²) in [7, 11) is 0. The molecule has 1 aliphatic rings. The molecule has 1 heterocycles. The van der Waals surface area contributed by atoms with Crippen molar-refractivity contribution in [3.63, 3.8) is 0 Å². The third-order valence-corrected chi connectivity index (χ3v) is 3.16. The molecule has 3 amide bonds. The van der Waals surface area contributed by atoms with Gasteiger partial charge in [-0.25, -0.2) is 9.59 Å². The van der Waals surface area contributed by atoms with Crippen molar-refractivity contribution < 1.29 is 19.5 Å². The summed E-state index contributed by atoms with van der Waals surface area (Å²) in [6.07, 6.45) is 2.05. The third kappa shape index (κ3) is 5.07. The SMILES string of the molecule is CC(C)CNC(=O)CNC(=O)N1CCCCC1C(=O)O. The lowest BCUT2D eigenvalue weighted by atomic mass is 10.0. The number of likely N-dealkylation sites (tertiary alicyclic amines) is 1. The number of nitrogens with one attached hydrogen (secondary N) is 2. The van der Waals surface area contributed by atoms with Crippen LogP contribution in [0.15, 0.2) is 0 Å². The van der Waals surface area contributed by atoms with Crippen molar-refractivity contribution in [2.24, 2.45) is 5.92 Å². The monoisotopic (exact) mass is 285 g/mol. The van der Waals surface area contributed by atoms with Crippen LogP contribution in [0, 0.1) is 5.92 Å². The predicted molar refractivity (Wildman–Crippen MR) is 73.2 cm³/mol. The van der Waals surface area contributed by atoms with Crippen LogP contribution in [-0.4, -0.2) is 53.6 Å². The van der Waals surface area contributed by atoms with E-state index >= 15 is 0 Å². The zero-order chi connectivity index (χ0) is 15.1. The molecule has 20 heavy (non-hydrogen) atoms. The molecule has 0 saturated carbocycles. The van der Waals surface area contributed by atoms with Gasteiger partial charge in [0, 0.05) is 13.1 Å². The summed E-state index contributed by atoms with van der Waals surface area (Å²) in [5, 5.41) is 14.2. The number of aliphatic carboxylic acids is 1. The maximum Gasteiger partial charge on any atom is 0.326 e. The highest BCUT2D eigenvalue weighted by Gasteiger charge is 2.31. The van der Waals surface area contributed by atoms with E-state index in [0.717, 1.165) is 12.8 Å². The lowest BCUT2D eigenvalue weighted by Gasteiger charge is -2.32. The Morgan fingerprint density at radius 1 is 1.25 bits per heavy atom. The Morgan fingerprint density at radius 3 is 2.55 bits per heavy atom. The Kier molecular flexibility index (Phi) is 6.27. The second-order valence-electron chi connectivity index (χ2n) is 5.40. The van der Waals surface area contributed by atoms with Crippen LogP contribution in [0.4, 0.5) is 4.79 Å². The number of rotatable bonds is 5. The molecule has 1 fully saturated rings. The van der Waals surface area contributed by atoms with Crippen LogP contribution in [0.3, 0.4) is 0 Å². The van der Waals surface area contributed by atoms with Gasteiger partial charge in [0.1, 0.15) is 6.04 Å². The highest BCUT2D eigenvalue weighted by Crippen LogP contribution is 2.17. The van der Waals surface area contributed by atoms with Crippen molar-refractivity contribution in [1.82, 2.24) is 15.5 Å². The molecule has 1 unspecified atom stereocenters. The molecule has 0 spiro atoms. The number of hydrogen-bond acceptors (Lipinski definition) is 3. The molecular weight excluding hydrogens is 262 g/mol. The lowest BCUT2D eigenvalue weighted by molar-refractivity contribution is -0.143. The molecule has 0 bridgehead atoms. The van der Waals surface area contributed by atoms with Crippen LogP contribution in [0.25, 0.3) is 0 Å². The van der Waals surface area contributed by atoms with E-state index in [1.165, 1.54) is 4.90 Å². The summed E-state index contributed by atoms with van der Waals surface area (Å²) in [5.41, 5.74) is 0. The van der Waals surface area contributed by atoms with E-state index in [0.29, 0.717) is 25.4 Å². The minimum atomic E-state index is -0.996. The fourth-order valence-corrected chi connectivity index (χ4v) is 2.07. The van der Waals surface area contributed by atoms with Crippen molar-refractivity contribution in [2.75, 3.05) is 19.6 Å². The fraction of sp³-hybridized carbons (Fsp3) is 0.769. The summed E-state index contributed by atoms with van der Waals surface area (Å²) < 4.78 is 0. The average molecular weight is 285 g/mol. The second-order valence-corrected chi connectivity index (χ2v) is 5.40. The molecule has 1 saturated heterocycles. The Labute approximate surface area is 118 Å². The van der Waals surface area contributed by atoms with Gasteiger partial charge in [-0.05, 0) is 25.2 Å². The topological polar surface area (TPSA) is 98.7 Å². The Bertz CT molecular complexity index is 371. The molecule has 7 heteroatoms. The van der Waals surface area contributed by atoms with Crippen LogP contribution in [-0.2, 0) is 9.59 Å². The summed E-state index contributed by atoms with van der Waals surface area (Å²) in [6, 6.07) is -1.28. The van der Waals surface area contributed by atoms with Crippen molar-refractivity contribution in [3.8, 4) is 0 Å². The lowest BCUT2D eigenvalue weighted by Crippen LogP contribution is -2.53. The van der Waals surface area contributed by atoms with E-state index < -0.39 is 18.0 Å². The molecule has 0 radical (unpaired) electrons. The van der Waals surface area contributed by atoms with E-state index in [2.05, 4.69) is 10.6 Å². The van der Waals surface area contributed by atoms with Crippen LogP contribution < -0.4 is 10.6 Å². The van der Waals surface area contributed by atoms with Gasteiger partial charge in [0.15, 0.2) is 0 Å². The Morgan fingerprint density at radius 2 is 1.95 bits per heavy atom. The van der Waals surface area contributed by atoms with Crippen LogP contribution in [0.1, 0.15) is 33.1 Å². The van der Waals surface area contributed by atoms with Crippen molar-refractivity contribution in [3.05, 3.63) is 0 Å². The molecule has 0 aromatic rings. The molecule has 0 aromatic heterocycles. The number of carboxylic acid groups (broad SMARTS) is 1. The molecule has 1 rings (SSSR count). The van der Waals surface area contributed by atoms with Crippen LogP contribution in [0.5, 0.6) is 0 Å². The zero-order valence-corrected chi connectivity index (χ0v) is 12.0. The van der Waals surface area contributed by atoms with Gasteiger partial charge in [0.2, 0.25) is 5.91 Å². The number of amides is 3. The maximum absolute atomic E-state index is 11.9. The van der Waals surface area contributed by atoms with Gasteiger partial charge in [0.05, 0.1) is 6.54 Å². The normalized spacial score (nSPS) is 18.8. The smallest absolute Gasteiger partial charge is 0.326 e. The largest absolute Gasteiger partial charge is 0.480 e. The van der Waals surface area contributed by atoms with E-state index in [4.69, 9.17) is 5.11 Å². The van der Waals surface area contributed by atoms with Gasteiger partial charge < -0.3 is 20.6 Å². The van der Waals surface area contributed by atoms with E-state index in [1.54, 1.807) is 0 Å².